The number of hydrogen-bond donors (Lipinski definition) is 2. The topological polar surface area (TPSA) is 74.5 Å². The summed E-state index contributed by atoms with van der Waals surface area (Å²) >= 11 is 0. The van der Waals surface area contributed by atoms with E-state index in [2.05, 4.69) is 25.6 Å². The van der Waals surface area contributed by atoms with Crippen LogP contribution in [0.5, 0.6) is 0 Å². The Morgan fingerprint density at radius 1 is 1.35 bits per heavy atom. The lowest BCUT2D eigenvalue weighted by atomic mass is 9.91. The third-order valence-electron chi connectivity index (χ3n) is 3.78. The number of aromatic nitrogens is 2. The molecule has 0 unspecified atom stereocenters. The van der Waals surface area contributed by atoms with E-state index in [4.69, 9.17) is 6.57 Å². The molecule has 0 fully saturated rings. The SMILES string of the molecule is [C-]#[N+]c1c(NN=C2Cc3ccccc3C2=O)n[nH]c1C(C)(C)C. The first-order valence-electron chi connectivity index (χ1n) is 7.33. The number of carbonyl (C=O) groups is 1. The summed E-state index contributed by atoms with van der Waals surface area (Å²) in [6, 6.07) is 7.47. The van der Waals surface area contributed by atoms with Crippen LogP contribution in [0, 0.1) is 6.57 Å². The standard InChI is InChI=1S/C17H17N5O/c1-17(2,3)15-13(18-4)16(22-20-15)21-19-12-9-10-7-5-6-8-11(10)14(12)23/h5-8H,9H2,1-3H3,(H2,20,21,22). The number of fused-ring (bicyclic) bond motifs is 1. The lowest BCUT2D eigenvalue weighted by Crippen LogP contribution is -2.11. The van der Waals surface area contributed by atoms with E-state index >= 15 is 0 Å². The summed E-state index contributed by atoms with van der Waals surface area (Å²) in [4.78, 5) is 15.8. The number of hydrazone groups is 1. The summed E-state index contributed by atoms with van der Waals surface area (Å²) in [5.41, 5.74) is 5.80. The summed E-state index contributed by atoms with van der Waals surface area (Å²) in [6.45, 7) is 13.4. The molecule has 6 nitrogen and oxygen atoms in total. The number of hydrogen-bond acceptors (Lipinski definition) is 4. The van der Waals surface area contributed by atoms with E-state index < -0.39 is 0 Å². The van der Waals surface area contributed by atoms with E-state index in [0.717, 1.165) is 11.3 Å². The lowest BCUT2D eigenvalue weighted by Gasteiger charge is -2.16. The average molecular weight is 307 g/mol. The fraction of sp³-hybridized carbons (Fsp3) is 0.294. The molecule has 3 rings (SSSR count). The number of nitrogens with one attached hydrogen (secondary N) is 2. The van der Waals surface area contributed by atoms with Crippen molar-refractivity contribution in [3.8, 4) is 0 Å². The summed E-state index contributed by atoms with van der Waals surface area (Å²) in [5.74, 6) is 0.269. The monoisotopic (exact) mass is 307 g/mol. The van der Waals surface area contributed by atoms with E-state index in [9.17, 15) is 4.79 Å². The smallest absolute Gasteiger partial charge is 0.252 e. The first kappa shape index (κ1) is 15.0. The largest absolute Gasteiger partial charge is 0.292 e. The molecule has 0 saturated heterocycles. The van der Waals surface area contributed by atoms with Crippen molar-refractivity contribution >= 4 is 23.0 Å². The Bertz CT molecular complexity index is 849. The van der Waals surface area contributed by atoms with E-state index in [1.54, 1.807) is 6.07 Å². The molecule has 1 aliphatic rings. The second kappa shape index (κ2) is 5.36. The van der Waals surface area contributed by atoms with Crippen molar-refractivity contribution in [2.45, 2.75) is 32.6 Å². The highest BCUT2D eigenvalue weighted by Crippen LogP contribution is 2.35. The highest BCUT2D eigenvalue weighted by molar-refractivity contribution is 6.49. The second-order valence-corrected chi connectivity index (χ2v) is 6.49. The number of anilines is 1. The molecule has 6 heteroatoms. The number of H-pyrrole nitrogens is 1. The Balaban J connectivity index is 1.87. The maximum atomic E-state index is 12.3. The van der Waals surface area contributed by atoms with Crippen LogP contribution in [-0.2, 0) is 11.8 Å². The molecule has 0 saturated carbocycles. The molecule has 2 aromatic rings. The Morgan fingerprint density at radius 2 is 2.09 bits per heavy atom. The van der Waals surface area contributed by atoms with Gasteiger partial charge in [-0.05, 0) is 11.0 Å². The molecule has 1 aromatic heterocycles. The maximum absolute atomic E-state index is 12.3. The molecule has 1 aliphatic carbocycles. The molecule has 23 heavy (non-hydrogen) atoms. The summed E-state index contributed by atoms with van der Waals surface area (Å²) < 4.78 is 0. The Morgan fingerprint density at radius 3 is 2.74 bits per heavy atom. The van der Waals surface area contributed by atoms with Gasteiger partial charge in [0.25, 0.3) is 5.69 Å². The maximum Gasteiger partial charge on any atom is 0.252 e. The van der Waals surface area contributed by atoms with E-state index in [1.165, 1.54) is 0 Å². The van der Waals surface area contributed by atoms with Crippen LogP contribution in [0.2, 0.25) is 0 Å². The minimum atomic E-state index is -0.223. The molecule has 0 aliphatic heterocycles. The van der Waals surface area contributed by atoms with Gasteiger partial charge in [-0.1, -0.05) is 45.0 Å². The third kappa shape index (κ3) is 2.61. The first-order chi connectivity index (χ1) is 10.9. The van der Waals surface area contributed by atoms with Crippen LogP contribution < -0.4 is 5.43 Å². The van der Waals surface area contributed by atoms with E-state index in [-0.39, 0.29) is 11.2 Å². The van der Waals surface area contributed by atoms with Crippen molar-refractivity contribution in [2.75, 3.05) is 5.43 Å². The van der Waals surface area contributed by atoms with Crippen LogP contribution in [0.25, 0.3) is 4.85 Å². The molecule has 1 aromatic carbocycles. The van der Waals surface area contributed by atoms with Crippen molar-refractivity contribution in [3.63, 3.8) is 0 Å². The van der Waals surface area contributed by atoms with Gasteiger partial charge in [0.1, 0.15) is 5.71 Å². The normalized spacial score (nSPS) is 15.6. The first-order valence-corrected chi connectivity index (χ1v) is 7.33. The van der Waals surface area contributed by atoms with Gasteiger partial charge < -0.3 is 0 Å². The number of rotatable bonds is 2. The molecule has 0 atom stereocenters. The summed E-state index contributed by atoms with van der Waals surface area (Å²) in [5, 5.41) is 11.2. The van der Waals surface area contributed by atoms with E-state index in [1.807, 2.05) is 39.0 Å². The quantitative estimate of drug-likeness (QED) is 0.659. The van der Waals surface area contributed by atoms with Crippen LogP contribution in [0.15, 0.2) is 29.4 Å². The molecule has 0 spiro atoms. The molecular weight excluding hydrogens is 290 g/mol. The number of benzene rings is 1. The number of ketones is 1. The lowest BCUT2D eigenvalue weighted by molar-refractivity contribution is 0.106. The van der Waals surface area contributed by atoms with Crippen molar-refractivity contribution in [3.05, 3.63) is 52.5 Å². The fourth-order valence-corrected chi connectivity index (χ4v) is 2.57. The fourth-order valence-electron chi connectivity index (χ4n) is 2.57. The summed E-state index contributed by atoms with van der Waals surface area (Å²) in [7, 11) is 0. The molecule has 0 radical (unpaired) electrons. The summed E-state index contributed by atoms with van der Waals surface area (Å²) in [6.07, 6.45) is 0.492. The highest BCUT2D eigenvalue weighted by atomic mass is 16.1. The van der Waals surface area contributed by atoms with Crippen LogP contribution in [0.4, 0.5) is 11.5 Å². The van der Waals surface area contributed by atoms with Crippen LogP contribution in [0.3, 0.4) is 0 Å². The number of Topliss-reactive ketones (excluding diaryl/α,β-unsaturated/α-hetero) is 1. The molecule has 0 amide bonds. The minimum Gasteiger partial charge on any atom is -0.292 e. The van der Waals surface area contributed by atoms with Crippen molar-refractivity contribution in [1.29, 1.82) is 0 Å². The zero-order valence-corrected chi connectivity index (χ0v) is 13.3. The van der Waals surface area contributed by atoms with Gasteiger partial charge in [-0.3, -0.25) is 15.3 Å². The molecule has 1 heterocycles. The Hall–Kier alpha value is -2.94. The number of carbonyl (C=O) groups excluding carboxylic acids is 1. The van der Waals surface area contributed by atoms with Gasteiger partial charge in [-0.2, -0.15) is 10.2 Å². The van der Waals surface area contributed by atoms with Crippen LogP contribution in [0.1, 0.15) is 42.4 Å². The highest BCUT2D eigenvalue weighted by Gasteiger charge is 2.27. The van der Waals surface area contributed by atoms with Gasteiger partial charge in [-0.25, -0.2) is 4.85 Å². The van der Waals surface area contributed by atoms with Gasteiger partial charge >= 0.3 is 0 Å². The van der Waals surface area contributed by atoms with Crippen LogP contribution >= 0.6 is 0 Å². The number of nitrogens with zero attached hydrogens (tertiary/aromatic N) is 3. The predicted octanol–water partition coefficient (Wildman–Crippen LogP) is 3.46. The Kier molecular flexibility index (Phi) is 3.49. The van der Waals surface area contributed by atoms with Crippen molar-refractivity contribution < 1.29 is 4.79 Å². The molecule has 2 N–H and O–H groups in total. The molecular formula is C17H17N5O. The Labute approximate surface area is 134 Å². The molecule has 0 bridgehead atoms. The average Bonchev–Trinajstić information content (AvgIpc) is 3.06. The van der Waals surface area contributed by atoms with Crippen LogP contribution in [-0.4, -0.2) is 21.7 Å². The third-order valence-corrected chi connectivity index (χ3v) is 3.78. The van der Waals surface area contributed by atoms with Gasteiger partial charge in [0.15, 0.2) is 5.82 Å². The van der Waals surface area contributed by atoms with Gasteiger partial charge in [-0.15, -0.1) is 0 Å². The zero-order valence-electron chi connectivity index (χ0n) is 13.3. The number of aromatic amines is 1. The zero-order chi connectivity index (χ0) is 16.6. The van der Waals surface area contributed by atoms with Crippen molar-refractivity contribution in [2.24, 2.45) is 5.10 Å². The second-order valence-electron chi connectivity index (χ2n) is 6.49. The van der Waals surface area contributed by atoms with Crippen molar-refractivity contribution in [1.82, 2.24) is 10.2 Å². The molecule has 116 valence electrons. The van der Waals surface area contributed by atoms with Gasteiger partial charge in [0.2, 0.25) is 5.78 Å². The van der Waals surface area contributed by atoms with Gasteiger partial charge in [0, 0.05) is 17.7 Å². The predicted molar refractivity (Wildman–Crippen MR) is 89.1 cm³/mol. The van der Waals surface area contributed by atoms with E-state index in [0.29, 0.717) is 29.2 Å². The minimum absolute atomic E-state index is 0.0796. The van der Waals surface area contributed by atoms with Gasteiger partial charge in [0.05, 0.1) is 6.57 Å².